The highest BCUT2D eigenvalue weighted by molar-refractivity contribution is 7.10. The zero-order valence-electron chi connectivity index (χ0n) is 16.2. The van der Waals surface area contributed by atoms with Crippen molar-refractivity contribution in [2.45, 2.75) is 32.5 Å². The van der Waals surface area contributed by atoms with Crippen molar-refractivity contribution in [2.75, 3.05) is 27.2 Å². The summed E-state index contributed by atoms with van der Waals surface area (Å²) >= 11 is 1.78. The smallest absolute Gasteiger partial charge is 0.387 e. The molecular formula is C20H24F2N2O3S. The van der Waals surface area contributed by atoms with E-state index in [4.69, 9.17) is 4.74 Å². The SMILES string of the molecule is COc1cc(CN(C)C(=O)CN2CCc3sccc3[C@@H]2C)ccc1OC(F)F. The van der Waals surface area contributed by atoms with Crippen molar-refractivity contribution >= 4 is 17.2 Å². The Hall–Kier alpha value is -2.19. The van der Waals surface area contributed by atoms with E-state index >= 15 is 0 Å². The maximum Gasteiger partial charge on any atom is 0.387 e. The first kappa shape index (κ1) is 20.5. The molecule has 0 radical (unpaired) electrons. The number of rotatable bonds is 7. The maximum absolute atomic E-state index is 12.7. The summed E-state index contributed by atoms with van der Waals surface area (Å²) in [5, 5.41) is 2.10. The number of carbonyl (C=O) groups is 1. The first-order valence-electron chi connectivity index (χ1n) is 9.05. The molecule has 152 valence electrons. The van der Waals surface area contributed by atoms with Crippen LogP contribution in [0.15, 0.2) is 29.6 Å². The summed E-state index contributed by atoms with van der Waals surface area (Å²) < 4.78 is 34.4. The van der Waals surface area contributed by atoms with Gasteiger partial charge >= 0.3 is 6.61 Å². The Morgan fingerprint density at radius 1 is 1.36 bits per heavy atom. The van der Waals surface area contributed by atoms with Gasteiger partial charge in [-0.2, -0.15) is 8.78 Å². The minimum absolute atomic E-state index is 0.0115. The molecule has 0 unspecified atom stereocenters. The van der Waals surface area contributed by atoms with Crippen LogP contribution >= 0.6 is 11.3 Å². The molecule has 2 heterocycles. The predicted molar refractivity (Wildman–Crippen MR) is 104 cm³/mol. The second-order valence-corrected chi connectivity index (χ2v) is 7.81. The number of alkyl halides is 2. The van der Waals surface area contributed by atoms with Gasteiger partial charge < -0.3 is 14.4 Å². The first-order valence-corrected chi connectivity index (χ1v) is 9.93. The van der Waals surface area contributed by atoms with E-state index in [-0.39, 0.29) is 23.4 Å². The number of carbonyl (C=O) groups excluding carboxylic acids is 1. The lowest BCUT2D eigenvalue weighted by Gasteiger charge is -2.34. The summed E-state index contributed by atoms with van der Waals surface area (Å²) in [4.78, 5) is 17.9. The van der Waals surface area contributed by atoms with Crippen molar-refractivity contribution < 1.29 is 23.0 Å². The standard InChI is InChI=1S/C20H24F2N2O3S/c1-13-15-7-9-28-18(15)6-8-24(13)12-19(25)23(2)11-14-4-5-16(27-20(21)22)17(10-14)26-3/h4-5,7,9-10,13,20H,6,8,11-12H2,1-3H3/t13-/m0/s1. The minimum atomic E-state index is -2.92. The number of thiophene rings is 1. The molecule has 0 saturated carbocycles. The largest absolute Gasteiger partial charge is 0.493 e. The van der Waals surface area contributed by atoms with Crippen LogP contribution in [0.2, 0.25) is 0 Å². The van der Waals surface area contributed by atoms with Crippen LogP contribution in [0.25, 0.3) is 0 Å². The summed E-state index contributed by atoms with van der Waals surface area (Å²) in [5.74, 6) is 0.203. The van der Waals surface area contributed by atoms with Gasteiger partial charge in [-0.05, 0) is 48.1 Å². The molecule has 1 atom stereocenters. The molecule has 1 aliphatic heterocycles. The molecule has 28 heavy (non-hydrogen) atoms. The van der Waals surface area contributed by atoms with Gasteiger partial charge in [0.15, 0.2) is 11.5 Å². The van der Waals surface area contributed by atoms with Crippen LogP contribution in [0, 0.1) is 0 Å². The number of benzene rings is 1. The molecule has 5 nitrogen and oxygen atoms in total. The fourth-order valence-electron chi connectivity index (χ4n) is 3.44. The number of nitrogens with zero attached hydrogens (tertiary/aromatic N) is 2. The number of likely N-dealkylation sites (N-methyl/N-ethyl adjacent to an activating group) is 1. The monoisotopic (exact) mass is 410 g/mol. The van der Waals surface area contributed by atoms with Crippen LogP contribution in [0.1, 0.15) is 29.0 Å². The van der Waals surface area contributed by atoms with Gasteiger partial charge in [-0.25, -0.2) is 0 Å². The van der Waals surface area contributed by atoms with Gasteiger partial charge in [-0.3, -0.25) is 9.69 Å². The average molecular weight is 410 g/mol. The second kappa shape index (κ2) is 8.87. The Morgan fingerprint density at radius 3 is 2.86 bits per heavy atom. The van der Waals surface area contributed by atoms with Crippen LogP contribution in [0.3, 0.4) is 0 Å². The second-order valence-electron chi connectivity index (χ2n) is 6.81. The summed E-state index contributed by atoms with van der Waals surface area (Å²) in [6.07, 6.45) is 0.969. The molecule has 0 fully saturated rings. The molecular weight excluding hydrogens is 386 g/mol. The number of amides is 1. The van der Waals surface area contributed by atoms with Crippen molar-refractivity contribution in [3.05, 3.63) is 45.6 Å². The number of halogens is 2. The molecule has 3 rings (SSSR count). The minimum Gasteiger partial charge on any atom is -0.493 e. The van der Waals surface area contributed by atoms with E-state index in [1.54, 1.807) is 35.4 Å². The van der Waals surface area contributed by atoms with Crippen molar-refractivity contribution in [1.29, 1.82) is 0 Å². The molecule has 0 saturated heterocycles. The fraction of sp³-hybridized carbons (Fsp3) is 0.450. The zero-order chi connectivity index (χ0) is 20.3. The highest BCUT2D eigenvalue weighted by Gasteiger charge is 2.27. The van der Waals surface area contributed by atoms with Crippen molar-refractivity contribution in [1.82, 2.24) is 9.80 Å². The van der Waals surface area contributed by atoms with E-state index < -0.39 is 6.61 Å². The Balaban J connectivity index is 1.61. The Labute approximate surface area is 167 Å². The third-order valence-corrected chi connectivity index (χ3v) is 6.03. The maximum atomic E-state index is 12.7. The Morgan fingerprint density at radius 2 is 2.14 bits per heavy atom. The van der Waals surface area contributed by atoms with Gasteiger partial charge in [0.05, 0.1) is 13.7 Å². The van der Waals surface area contributed by atoms with Gasteiger partial charge in [0.25, 0.3) is 0 Å². The molecule has 0 bridgehead atoms. The molecule has 1 aromatic carbocycles. The molecule has 2 aromatic rings. The lowest BCUT2D eigenvalue weighted by Crippen LogP contribution is -2.41. The molecule has 0 N–H and O–H groups in total. The van der Waals surface area contributed by atoms with Crippen molar-refractivity contribution in [3.8, 4) is 11.5 Å². The quantitative estimate of drug-likeness (QED) is 0.694. The molecule has 1 aliphatic rings. The normalized spacial score (nSPS) is 16.7. The van der Waals surface area contributed by atoms with Gasteiger partial charge in [0.2, 0.25) is 5.91 Å². The van der Waals surface area contributed by atoms with E-state index in [0.717, 1.165) is 18.5 Å². The summed E-state index contributed by atoms with van der Waals surface area (Å²) in [7, 11) is 3.13. The van der Waals surface area contributed by atoms with Crippen molar-refractivity contribution in [2.24, 2.45) is 0 Å². The fourth-order valence-corrected chi connectivity index (χ4v) is 4.40. The average Bonchev–Trinajstić information content (AvgIpc) is 3.14. The number of fused-ring (bicyclic) bond motifs is 1. The zero-order valence-corrected chi connectivity index (χ0v) is 17.0. The Kier molecular flexibility index (Phi) is 6.51. The lowest BCUT2D eigenvalue weighted by atomic mass is 10.0. The lowest BCUT2D eigenvalue weighted by molar-refractivity contribution is -0.132. The predicted octanol–water partition coefficient (Wildman–Crippen LogP) is 3.94. The van der Waals surface area contributed by atoms with Crippen LogP contribution in [-0.4, -0.2) is 49.6 Å². The summed E-state index contributed by atoms with van der Waals surface area (Å²) in [6, 6.07) is 7.07. The van der Waals surface area contributed by atoms with E-state index in [9.17, 15) is 13.6 Å². The van der Waals surface area contributed by atoms with Crippen LogP contribution in [0.4, 0.5) is 8.78 Å². The highest BCUT2D eigenvalue weighted by atomic mass is 32.1. The van der Waals surface area contributed by atoms with Crippen LogP contribution in [-0.2, 0) is 17.8 Å². The van der Waals surface area contributed by atoms with Gasteiger partial charge in [-0.15, -0.1) is 11.3 Å². The third kappa shape index (κ3) is 4.62. The van der Waals surface area contributed by atoms with Crippen molar-refractivity contribution in [3.63, 3.8) is 0 Å². The molecule has 1 amide bonds. The first-order chi connectivity index (χ1) is 13.4. The molecule has 8 heteroatoms. The summed E-state index contributed by atoms with van der Waals surface area (Å²) in [6.45, 7) is 0.776. The van der Waals surface area contributed by atoms with Gasteiger partial charge in [0, 0.05) is 31.1 Å². The van der Waals surface area contributed by atoms with Gasteiger partial charge in [0.1, 0.15) is 0 Å². The van der Waals surface area contributed by atoms with E-state index in [0.29, 0.717) is 13.1 Å². The molecule has 0 aliphatic carbocycles. The van der Waals surface area contributed by atoms with Crippen LogP contribution in [0.5, 0.6) is 11.5 Å². The van der Waals surface area contributed by atoms with E-state index in [1.807, 2.05) is 0 Å². The number of methoxy groups -OCH3 is 1. The number of hydrogen-bond acceptors (Lipinski definition) is 5. The Bertz CT molecular complexity index is 828. The molecule has 1 aromatic heterocycles. The van der Waals surface area contributed by atoms with Gasteiger partial charge in [-0.1, -0.05) is 6.07 Å². The van der Waals surface area contributed by atoms with E-state index in [2.05, 4.69) is 28.0 Å². The van der Waals surface area contributed by atoms with Crippen LogP contribution < -0.4 is 9.47 Å². The number of ether oxygens (including phenoxy) is 2. The summed E-state index contributed by atoms with van der Waals surface area (Å²) in [5.41, 5.74) is 2.09. The topological polar surface area (TPSA) is 42.0 Å². The van der Waals surface area contributed by atoms with E-state index in [1.165, 1.54) is 23.6 Å². The number of hydrogen-bond donors (Lipinski definition) is 0. The highest BCUT2D eigenvalue weighted by Crippen LogP contribution is 2.33. The third-order valence-electron chi connectivity index (χ3n) is 5.03. The molecule has 0 spiro atoms.